The van der Waals surface area contributed by atoms with Gasteiger partial charge in [-0.1, -0.05) is 66.6 Å². The molecule has 0 fully saturated rings. The molecule has 3 heteroatoms. The topological polar surface area (TPSA) is 25.2 Å². The summed E-state index contributed by atoms with van der Waals surface area (Å²) in [5.74, 6) is 2.20. The van der Waals surface area contributed by atoms with Crippen molar-refractivity contribution >= 4 is 46.0 Å². The molecule has 0 spiro atoms. The highest BCUT2D eigenvalue weighted by molar-refractivity contribution is 6.83. The van der Waals surface area contributed by atoms with Crippen molar-refractivity contribution in [1.29, 1.82) is 0 Å². The minimum absolute atomic E-state index is 0.120. The van der Waals surface area contributed by atoms with Gasteiger partial charge in [0.1, 0.15) is 11.2 Å². The van der Waals surface area contributed by atoms with Crippen molar-refractivity contribution in [3.63, 3.8) is 0 Å². The lowest BCUT2D eigenvalue weighted by molar-refractivity contribution is 0.671. The van der Waals surface area contributed by atoms with Crippen LogP contribution in [0.5, 0.6) is 0 Å². The van der Waals surface area contributed by atoms with Crippen molar-refractivity contribution in [2.45, 2.75) is 0 Å². The molecule has 2 nitrogen and oxygen atoms in total. The molecule has 1 aliphatic rings. The molecule has 0 amide bonds. The summed E-state index contributed by atoms with van der Waals surface area (Å²) in [7, 11) is 0. The lowest BCUT2D eigenvalue weighted by atomic mass is 9.54. The highest BCUT2D eigenvalue weighted by atomic mass is 16.3. The third kappa shape index (κ3) is 1.90. The Hall–Kier alpha value is -2.94. The molecule has 23 heavy (non-hydrogen) atoms. The van der Waals surface area contributed by atoms with E-state index in [1.54, 1.807) is 0 Å². The Kier molecular flexibility index (Phi) is 2.62. The fourth-order valence-electron chi connectivity index (χ4n) is 3.38. The molecule has 0 saturated heterocycles. The van der Waals surface area contributed by atoms with Gasteiger partial charge in [0.25, 0.3) is 0 Å². The number of para-hydroxylation sites is 3. The molecular weight excluding hydrogens is 281 g/mol. The van der Waals surface area contributed by atoms with Crippen LogP contribution in [-0.4, -0.2) is 6.85 Å². The largest absolute Gasteiger partial charge is 0.457 e. The first-order valence-corrected chi connectivity index (χ1v) is 7.84. The monoisotopic (exact) mass is 295 g/mol. The van der Waals surface area contributed by atoms with Gasteiger partial charge in [-0.2, -0.15) is 0 Å². The van der Waals surface area contributed by atoms with Crippen LogP contribution >= 0.6 is 0 Å². The number of rotatable bonds is 1. The number of benzene rings is 3. The van der Waals surface area contributed by atoms with Crippen molar-refractivity contribution in [3.05, 3.63) is 78.3 Å². The van der Waals surface area contributed by atoms with Gasteiger partial charge in [-0.05, 0) is 23.2 Å². The van der Waals surface area contributed by atoms with Gasteiger partial charge in [-0.25, -0.2) is 0 Å². The zero-order valence-electron chi connectivity index (χ0n) is 12.5. The summed E-state index contributed by atoms with van der Waals surface area (Å²) in [5.41, 5.74) is 5.46. The summed E-state index contributed by atoms with van der Waals surface area (Å²) in [6.07, 6.45) is 2.18. The second-order valence-corrected chi connectivity index (χ2v) is 5.89. The Balaban J connectivity index is 1.70. The van der Waals surface area contributed by atoms with Crippen molar-refractivity contribution in [3.8, 4) is 0 Å². The minimum atomic E-state index is 0.120. The maximum absolute atomic E-state index is 6.15. The number of fused-ring (bicyclic) bond motifs is 4. The molecular formula is C20H14BNO. The highest BCUT2D eigenvalue weighted by Crippen LogP contribution is 2.28. The molecule has 4 aromatic rings. The van der Waals surface area contributed by atoms with Gasteiger partial charge in [-0.15, -0.1) is 0 Å². The average Bonchev–Trinajstić information content (AvgIpc) is 3.00. The lowest BCUT2D eigenvalue weighted by Crippen LogP contribution is -2.38. The molecule has 0 radical (unpaired) electrons. The van der Waals surface area contributed by atoms with Gasteiger partial charge < -0.3 is 9.64 Å². The van der Waals surface area contributed by atoms with Gasteiger partial charge in [0.05, 0.1) is 0 Å². The van der Waals surface area contributed by atoms with E-state index in [-0.39, 0.29) is 6.85 Å². The first-order chi connectivity index (χ1) is 11.4. The van der Waals surface area contributed by atoms with Crippen LogP contribution in [0, 0.1) is 0 Å². The zero-order chi connectivity index (χ0) is 15.2. The maximum Gasteiger partial charge on any atom is 0.317 e. The molecule has 0 bridgehead atoms. The van der Waals surface area contributed by atoms with Crippen molar-refractivity contribution < 1.29 is 4.42 Å². The molecule has 1 aliphatic heterocycles. The van der Waals surface area contributed by atoms with Crippen molar-refractivity contribution in [2.75, 3.05) is 5.23 Å². The normalized spacial score (nSPS) is 13.3. The summed E-state index contributed by atoms with van der Waals surface area (Å²) in [6, 6.07) is 22.9. The Bertz CT molecular complexity index is 1060. The quantitative estimate of drug-likeness (QED) is 0.524. The zero-order valence-corrected chi connectivity index (χ0v) is 12.5. The van der Waals surface area contributed by atoms with E-state index in [1.807, 2.05) is 12.1 Å². The molecule has 2 heterocycles. The van der Waals surface area contributed by atoms with E-state index in [2.05, 4.69) is 71.9 Å². The smallest absolute Gasteiger partial charge is 0.317 e. The number of hydrogen-bond donors (Lipinski definition) is 1. The molecule has 1 aromatic heterocycles. The summed E-state index contributed by atoms with van der Waals surface area (Å²) in [6.45, 7) is 0.120. The number of furan rings is 1. The second-order valence-electron chi connectivity index (χ2n) is 5.89. The Morgan fingerprint density at radius 3 is 2.61 bits per heavy atom. The molecule has 108 valence electrons. The van der Waals surface area contributed by atoms with Gasteiger partial charge >= 0.3 is 6.85 Å². The van der Waals surface area contributed by atoms with Crippen LogP contribution in [0.4, 0.5) is 5.69 Å². The molecule has 3 aromatic carbocycles. The highest BCUT2D eigenvalue weighted by Gasteiger charge is 2.23. The molecule has 0 saturated carbocycles. The maximum atomic E-state index is 6.15. The molecule has 0 atom stereocenters. The number of anilines is 1. The van der Waals surface area contributed by atoms with Crippen molar-refractivity contribution in [2.24, 2.45) is 0 Å². The lowest BCUT2D eigenvalue weighted by Gasteiger charge is -2.19. The van der Waals surface area contributed by atoms with Gasteiger partial charge in [0, 0.05) is 16.5 Å². The SMILES string of the molecule is C1=Cc2ccccc2NB1c1cccc2c1oc1ccccc12. The van der Waals surface area contributed by atoms with Gasteiger partial charge in [0.2, 0.25) is 0 Å². The van der Waals surface area contributed by atoms with Crippen LogP contribution < -0.4 is 10.7 Å². The Morgan fingerprint density at radius 2 is 1.61 bits per heavy atom. The Morgan fingerprint density at radius 1 is 0.783 bits per heavy atom. The minimum Gasteiger partial charge on any atom is -0.457 e. The van der Waals surface area contributed by atoms with E-state index in [0.717, 1.165) is 16.9 Å². The standard InChI is InChI=1S/C20H14BNO/c1-3-10-18-14(6-1)12-13-21(22-18)17-9-5-8-16-15-7-2-4-11-19(15)23-20(16)17/h1-13,22H. The first-order valence-electron chi connectivity index (χ1n) is 7.84. The predicted molar refractivity (Wildman–Crippen MR) is 98.2 cm³/mol. The van der Waals surface area contributed by atoms with E-state index in [0.29, 0.717) is 0 Å². The van der Waals surface area contributed by atoms with E-state index in [4.69, 9.17) is 4.42 Å². The third-order valence-corrected chi connectivity index (χ3v) is 4.51. The van der Waals surface area contributed by atoms with Gasteiger partial charge in [0.15, 0.2) is 0 Å². The van der Waals surface area contributed by atoms with Crippen LogP contribution in [0.15, 0.2) is 77.1 Å². The fourth-order valence-corrected chi connectivity index (χ4v) is 3.38. The third-order valence-electron chi connectivity index (χ3n) is 4.51. The van der Waals surface area contributed by atoms with Crippen LogP contribution in [0.2, 0.25) is 0 Å². The fraction of sp³-hybridized carbons (Fsp3) is 0. The van der Waals surface area contributed by atoms with E-state index < -0.39 is 0 Å². The van der Waals surface area contributed by atoms with Crippen LogP contribution in [0.25, 0.3) is 28.0 Å². The summed E-state index contributed by atoms with van der Waals surface area (Å²) >= 11 is 0. The molecule has 0 aliphatic carbocycles. The van der Waals surface area contributed by atoms with Crippen LogP contribution in [0.3, 0.4) is 0 Å². The molecule has 5 rings (SSSR count). The van der Waals surface area contributed by atoms with E-state index in [1.165, 1.54) is 21.8 Å². The summed E-state index contributed by atoms with van der Waals surface area (Å²) < 4.78 is 6.15. The van der Waals surface area contributed by atoms with Gasteiger partial charge in [-0.3, -0.25) is 0 Å². The first kappa shape index (κ1) is 12.6. The summed E-state index contributed by atoms with van der Waals surface area (Å²) in [4.78, 5) is 0. The Labute approximate surface area is 134 Å². The predicted octanol–water partition coefficient (Wildman–Crippen LogP) is 4.46. The number of nitrogens with one attached hydrogen (secondary N) is 1. The van der Waals surface area contributed by atoms with Crippen LogP contribution in [-0.2, 0) is 0 Å². The molecule has 0 unspecified atom stereocenters. The molecule has 1 N–H and O–H groups in total. The van der Waals surface area contributed by atoms with Crippen LogP contribution in [0.1, 0.15) is 5.56 Å². The summed E-state index contributed by atoms with van der Waals surface area (Å²) in [5, 5.41) is 5.95. The van der Waals surface area contributed by atoms with E-state index in [9.17, 15) is 0 Å². The second kappa shape index (κ2) is 4.78. The number of hydrogen-bond acceptors (Lipinski definition) is 2. The van der Waals surface area contributed by atoms with E-state index >= 15 is 0 Å². The van der Waals surface area contributed by atoms with Crippen molar-refractivity contribution in [1.82, 2.24) is 0 Å². The average molecular weight is 295 g/mol.